The van der Waals surface area contributed by atoms with E-state index in [1.165, 1.54) is 23.5 Å². The summed E-state index contributed by atoms with van der Waals surface area (Å²) in [5.74, 6) is -1.03. The number of nitro groups is 1. The van der Waals surface area contributed by atoms with Crippen LogP contribution in [0.2, 0.25) is 0 Å². The van der Waals surface area contributed by atoms with Gasteiger partial charge in [0.2, 0.25) is 0 Å². The zero-order valence-electron chi connectivity index (χ0n) is 19.9. The maximum atomic E-state index is 13.3. The number of aromatic nitrogens is 2. The summed E-state index contributed by atoms with van der Waals surface area (Å²) in [6, 6.07) is 13.5. The SMILES string of the molecule is O=C(COC(=O)c1c2c(nc3ccccc13)CCCCCC2)Nc1nc(-c2ccc([N+](=O)[O-])cc2)cs1. The topological polar surface area (TPSA) is 124 Å². The Morgan fingerprint density at radius 1 is 1.00 bits per heavy atom. The minimum absolute atomic E-state index is 0.0104. The van der Waals surface area contributed by atoms with Gasteiger partial charge in [-0.05, 0) is 49.4 Å². The summed E-state index contributed by atoms with van der Waals surface area (Å²) in [5, 5.41) is 16.3. The number of esters is 1. The lowest BCUT2D eigenvalue weighted by atomic mass is 9.91. The molecular weight excluding hydrogens is 492 g/mol. The fraction of sp³-hybridized carbons (Fsp3) is 0.259. The van der Waals surface area contributed by atoms with E-state index in [1.54, 1.807) is 17.5 Å². The van der Waals surface area contributed by atoms with Crippen molar-refractivity contribution in [1.82, 2.24) is 9.97 Å². The van der Waals surface area contributed by atoms with Gasteiger partial charge >= 0.3 is 5.97 Å². The highest BCUT2D eigenvalue weighted by molar-refractivity contribution is 7.14. The minimum Gasteiger partial charge on any atom is -0.452 e. The van der Waals surface area contributed by atoms with E-state index in [4.69, 9.17) is 9.72 Å². The van der Waals surface area contributed by atoms with Crippen LogP contribution in [0.3, 0.4) is 0 Å². The maximum absolute atomic E-state index is 13.3. The fourth-order valence-corrected chi connectivity index (χ4v) is 5.27. The van der Waals surface area contributed by atoms with E-state index < -0.39 is 23.4 Å². The molecule has 1 N–H and O–H groups in total. The summed E-state index contributed by atoms with van der Waals surface area (Å²) in [6.45, 7) is -0.448. The quantitative estimate of drug-likeness (QED) is 0.197. The first-order valence-corrected chi connectivity index (χ1v) is 13.0. The number of carbonyl (C=O) groups excluding carboxylic acids is 2. The van der Waals surface area contributed by atoms with Crippen molar-refractivity contribution < 1.29 is 19.2 Å². The standard InChI is InChI=1S/C27H24N4O5S/c32-24(30-27-29-23(16-37-27)17-11-13-18(14-12-17)31(34)35)15-36-26(33)25-19-7-3-1-2-4-9-21(19)28-22-10-6-5-8-20(22)25/h5-6,8,10-14,16H,1-4,7,9,15H2,(H,29,30,32). The fourth-order valence-electron chi connectivity index (χ4n) is 4.54. The molecular formula is C27H24N4O5S. The largest absolute Gasteiger partial charge is 0.452 e. The molecule has 2 aromatic carbocycles. The van der Waals surface area contributed by atoms with Crippen molar-refractivity contribution in [3.63, 3.8) is 0 Å². The molecule has 10 heteroatoms. The van der Waals surface area contributed by atoms with Crippen molar-refractivity contribution in [2.45, 2.75) is 38.5 Å². The number of rotatable bonds is 6. The Kier molecular flexibility index (Phi) is 7.18. The molecule has 0 atom stereocenters. The van der Waals surface area contributed by atoms with Crippen molar-refractivity contribution in [3.05, 3.63) is 80.8 Å². The molecule has 1 aliphatic carbocycles. The molecule has 0 spiro atoms. The smallest absolute Gasteiger partial charge is 0.339 e. The van der Waals surface area contributed by atoms with Crippen molar-refractivity contribution in [2.75, 3.05) is 11.9 Å². The number of nitrogens with one attached hydrogen (secondary N) is 1. The van der Waals surface area contributed by atoms with Crippen LogP contribution in [-0.2, 0) is 22.4 Å². The van der Waals surface area contributed by atoms with Crippen LogP contribution in [0, 0.1) is 10.1 Å². The lowest BCUT2D eigenvalue weighted by Gasteiger charge is -2.18. The van der Waals surface area contributed by atoms with Crippen LogP contribution in [0.5, 0.6) is 0 Å². The molecule has 37 heavy (non-hydrogen) atoms. The Bertz CT molecular complexity index is 1480. The highest BCUT2D eigenvalue weighted by atomic mass is 32.1. The van der Waals surface area contributed by atoms with Crippen LogP contribution in [0.25, 0.3) is 22.2 Å². The number of para-hydroxylation sites is 1. The number of non-ortho nitro benzene ring substituents is 1. The van der Waals surface area contributed by atoms with Crippen LogP contribution >= 0.6 is 11.3 Å². The number of aryl methyl sites for hydroxylation is 1. The van der Waals surface area contributed by atoms with Gasteiger partial charge in [-0.3, -0.25) is 25.2 Å². The molecule has 1 amide bonds. The second kappa shape index (κ2) is 10.8. The summed E-state index contributed by atoms with van der Waals surface area (Å²) < 4.78 is 5.47. The van der Waals surface area contributed by atoms with Gasteiger partial charge in [0.25, 0.3) is 11.6 Å². The first kappa shape index (κ1) is 24.5. The second-order valence-corrected chi connectivity index (χ2v) is 9.67. The Labute approximate surface area is 216 Å². The lowest BCUT2D eigenvalue weighted by Crippen LogP contribution is -2.22. The first-order chi connectivity index (χ1) is 18.0. The average molecular weight is 517 g/mol. The molecule has 188 valence electrons. The molecule has 0 unspecified atom stereocenters. The van der Waals surface area contributed by atoms with Crippen LogP contribution in [0.1, 0.15) is 47.3 Å². The number of carbonyl (C=O) groups is 2. The van der Waals surface area contributed by atoms with Gasteiger partial charge in [-0.25, -0.2) is 9.78 Å². The highest BCUT2D eigenvalue weighted by Crippen LogP contribution is 2.29. The number of hydrogen-bond acceptors (Lipinski definition) is 8. The highest BCUT2D eigenvalue weighted by Gasteiger charge is 2.23. The van der Waals surface area contributed by atoms with Crippen LogP contribution in [0.15, 0.2) is 53.9 Å². The van der Waals surface area contributed by atoms with Crippen LogP contribution in [0.4, 0.5) is 10.8 Å². The number of nitro benzene ring substituents is 1. The molecule has 0 fully saturated rings. The van der Waals surface area contributed by atoms with Crippen LogP contribution < -0.4 is 5.32 Å². The van der Waals surface area contributed by atoms with E-state index in [-0.39, 0.29) is 5.69 Å². The third kappa shape index (κ3) is 5.49. The molecule has 9 nitrogen and oxygen atoms in total. The van der Waals surface area contributed by atoms with Gasteiger partial charge in [0, 0.05) is 34.2 Å². The van der Waals surface area contributed by atoms with Crippen molar-refractivity contribution in [2.24, 2.45) is 0 Å². The Hall–Kier alpha value is -4.18. The monoisotopic (exact) mass is 516 g/mol. The van der Waals surface area contributed by atoms with E-state index >= 15 is 0 Å². The number of fused-ring (bicyclic) bond motifs is 2. The van der Waals surface area contributed by atoms with Gasteiger partial charge < -0.3 is 4.74 Å². The number of thiazole rings is 1. The van der Waals surface area contributed by atoms with Gasteiger partial charge in [0.05, 0.1) is 21.7 Å². The van der Waals surface area contributed by atoms with Crippen LogP contribution in [-0.4, -0.2) is 33.4 Å². The van der Waals surface area contributed by atoms with E-state index in [0.717, 1.165) is 60.7 Å². The Morgan fingerprint density at radius 3 is 2.54 bits per heavy atom. The molecule has 4 aromatic rings. The molecule has 0 saturated carbocycles. The predicted octanol–water partition coefficient (Wildman–Crippen LogP) is 5.72. The first-order valence-electron chi connectivity index (χ1n) is 12.1. The van der Waals surface area contributed by atoms with E-state index in [0.29, 0.717) is 22.0 Å². The molecule has 5 rings (SSSR count). The summed E-state index contributed by atoms with van der Waals surface area (Å²) in [7, 11) is 0. The summed E-state index contributed by atoms with van der Waals surface area (Å²) in [4.78, 5) is 45.4. The van der Waals surface area contributed by atoms with E-state index in [1.807, 2.05) is 24.3 Å². The second-order valence-electron chi connectivity index (χ2n) is 8.81. The molecule has 0 aliphatic heterocycles. The normalized spacial score (nSPS) is 13.3. The number of amides is 1. The van der Waals surface area contributed by atoms with Crippen molar-refractivity contribution in [1.29, 1.82) is 0 Å². The zero-order valence-corrected chi connectivity index (χ0v) is 20.8. The Balaban J connectivity index is 1.28. The lowest BCUT2D eigenvalue weighted by molar-refractivity contribution is -0.384. The summed E-state index contributed by atoms with van der Waals surface area (Å²) in [5.41, 5.74) is 4.38. The molecule has 1 aliphatic rings. The van der Waals surface area contributed by atoms with Gasteiger partial charge in [-0.15, -0.1) is 11.3 Å². The molecule has 0 saturated heterocycles. The minimum atomic E-state index is -0.531. The third-order valence-corrected chi connectivity index (χ3v) is 7.09. The molecule has 0 radical (unpaired) electrons. The maximum Gasteiger partial charge on any atom is 0.339 e. The number of pyridine rings is 1. The van der Waals surface area contributed by atoms with Crippen molar-refractivity contribution >= 4 is 44.9 Å². The van der Waals surface area contributed by atoms with Gasteiger partial charge in [-0.1, -0.05) is 31.0 Å². The molecule has 2 heterocycles. The molecule has 2 aromatic heterocycles. The molecule has 0 bridgehead atoms. The third-order valence-electron chi connectivity index (χ3n) is 6.33. The van der Waals surface area contributed by atoms with E-state index in [2.05, 4.69) is 10.3 Å². The summed E-state index contributed by atoms with van der Waals surface area (Å²) in [6.07, 6.45) is 5.85. The predicted molar refractivity (Wildman–Crippen MR) is 141 cm³/mol. The summed E-state index contributed by atoms with van der Waals surface area (Å²) >= 11 is 1.21. The Morgan fingerprint density at radius 2 is 1.76 bits per heavy atom. The van der Waals surface area contributed by atoms with Gasteiger partial charge in [0.1, 0.15) is 0 Å². The number of ether oxygens (including phenoxy) is 1. The number of hydrogen-bond donors (Lipinski definition) is 1. The zero-order chi connectivity index (χ0) is 25.8. The number of benzene rings is 2. The van der Waals surface area contributed by atoms with Gasteiger partial charge in [0.15, 0.2) is 11.7 Å². The van der Waals surface area contributed by atoms with E-state index in [9.17, 15) is 19.7 Å². The average Bonchev–Trinajstić information content (AvgIpc) is 3.35. The number of nitrogens with zero attached hydrogens (tertiary/aromatic N) is 3. The van der Waals surface area contributed by atoms with Gasteiger partial charge in [-0.2, -0.15) is 0 Å². The number of anilines is 1. The van der Waals surface area contributed by atoms with Crippen molar-refractivity contribution in [3.8, 4) is 11.3 Å².